The first-order valence-electron chi connectivity index (χ1n) is 7.06. The summed E-state index contributed by atoms with van der Waals surface area (Å²) in [5, 5.41) is 0. The molecule has 6 nitrogen and oxygen atoms in total. The van der Waals surface area contributed by atoms with Gasteiger partial charge < -0.3 is 10.5 Å². The zero-order chi connectivity index (χ0) is 16.4. The van der Waals surface area contributed by atoms with Crippen molar-refractivity contribution in [1.29, 1.82) is 0 Å². The fraction of sp³-hybridized carbons (Fsp3) is 0.188. The van der Waals surface area contributed by atoms with E-state index in [1.165, 1.54) is 17.0 Å². The maximum atomic E-state index is 12.1. The molecule has 2 amide bonds. The molecule has 2 aliphatic rings. The van der Waals surface area contributed by atoms with Crippen molar-refractivity contribution >= 4 is 27.2 Å². The van der Waals surface area contributed by atoms with Gasteiger partial charge in [0.05, 0.1) is 16.3 Å². The molecule has 2 aromatic carbocycles. The minimum atomic E-state index is -3.40. The van der Waals surface area contributed by atoms with Crippen molar-refractivity contribution in [2.24, 2.45) is 5.73 Å². The van der Waals surface area contributed by atoms with Crippen molar-refractivity contribution in [2.45, 2.75) is 17.1 Å². The van der Waals surface area contributed by atoms with Crippen molar-refractivity contribution in [3.05, 3.63) is 53.6 Å². The van der Waals surface area contributed by atoms with E-state index in [4.69, 9.17) is 10.5 Å². The molecular formula is C16H14N2O4S. The van der Waals surface area contributed by atoms with Gasteiger partial charge in [-0.2, -0.15) is 0 Å². The second kappa shape index (κ2) is 4.56. The van der Waals surface area contributed by atoms with Crippen LogP contribution in [-0.2, 0) is 14.6 Å². The summed E-state index contributed by atoms with van der Waals surface area (Å²) in [7, 11) is -3.40. The van der Waals surface area contributed by atoms with Crippen LogP contribution in [0.2, 0.25) is 0 Å². The van der Waals surface area contributed by atoms with Gasteiger partial charge in [-0.1, -0.05) is 24.3 Å². The van der Waals surface area contributed by atoms with Crippen LogP contribution in [0.15, 0.2) is 47.4 Å². The van der Waals surface area contributed by atoms with Crippen LogP contribution in [0.5, 0.6) is 0 Å². The molecule has 0 saturated carbocycles. The van der Waals surface area contributed by atoms with Gasteiger partial charge in [0, 0.05) is 17.4 Å². The highest BCUT2D eigenvalue weighted by Gasteiger charge is 2.48. The zero-order valence-corrected chi connectivity index (χ0v) is 13.1. The lowest BCUT2D eigenvalue weighted by atomic mass is 10.0. The molecule has 2 atom stereocenters. The number of para-hydroxylation sites is 1. The third-order valence-electron chi connectivity index (χ3n) is 4.17. The standard InChI is InChI=1S/C16H14N2O4S/c1-23(20,21)9-6-7-11-13(8-9)18(16(17)19)12-5-3-2-4-10(12)14-15(11)22-14/h2-8,14-15H,1H3,(H2,17,19). The number of hydrogen-bond acceptors (Lipinski definition) is 4. The highest BCUT2D eigenvalue weighted by molar-refractivity contribution is 7.90. The first kappa shape index (κ1) is 14.2. The van der Waals surface area contributed by atoms with E-state index in [-0.39, 0.29) is 17.1 Å². The van der Waals surface area contributed by atoms with Gasteiger partial charge in [0.15, 0.2) is 9.84 Å². The summed E-state index contributed by atoms with van der Waals surface area (Å²) < 4.78 is 29.4. The van der Waals surface area contributed by atoms with Crippen LogP contribution < -0.4 is 10.6 Å². The molecule has 0 radical (unpaired) electrons. The fourth-order valence-corrected chi connectivity index (χ4v) is 3.71. The van der Waals surface area contributed by atoms with Crippen molar-refractivity contribution in [3.8, 4) is 0 Å². The summed E-state index contributed by atoms with van der Waals surface area (Å²) >= 11 is 0. The minimum absolute atomic E-state index is 0.138. The molecular weight excluding hydrogens is 316 g/mol. The molecule has 4 rings (SSSR count). The lowest BCUT2D eigenvalue weighted by Crippen LogP contribution is -2.32. The van der Waals surface area contributed by atoms with Crippen molar-refractivity contribution in [2.75, 3.05) is 11.2 Å². The quantitative estimate of drug-likeness (QED) is 0.813. The molecule has 23 heavy (non-hydrogen) atoms. The molecule has 2 aromatic rings. The second-order valence-corrected chi connectivity index (χ2v) is 7.72. The van der Waals surface area contributed by atoms with Gasteiger partial charge >= 0.3 is 6.03 Å². The molecule has 0 aromatic heterocycles. The Morgan fingerprint density at radius 2 is 1.74 bits per heavy atom. The monoisotopic (exact) mass is 330 g/mol. The van der Waals surface area contributed by atoms with Gasteiger partial charge in [-0.3, -0.25) is 4.90 Å². The Kier molecular flexibility index (Phi) is 2.82. The first-order chi connectivity index (χ1) is 10.9. The maximum absolute atomic E-state index is 12.1. The van der Waals surface area contributed by atoms with Crippen LogP contribution in [0.1, 0.15) is 23.3 Å². The lowest BCUT2D eigenvalue weighted by Gasteiger charge is -2.24. The number of rotatable bonds is 1. The number of fused-ring (bicyclic) bond motifs is 5. The van der Waals surface area contributed by atoms with Gasteiger partial charge in [-0.15, -0.1) is 0 Å². The van der Waals surface area contributed by atoms with Crippen LogP contribution in [0.4, 0.5) is 16.2 Å². The third-order valence-corrected chi connectivity index (χ3v) is 5.28. The Labute approximate surface area is 133 Å². The van der Waals surface area contributed by atoms with Gasteiger partial charge in [0.25, 0.3) is 0 Å². The highest BCUT2D eigenvalue weighted by Crippen LogP contribution is 2.58. The summed E-state index contributed by atoms with van der Waals surface area (Å²) in [6, 6.07) is 11.4. The number of urea groups is 1. The Balaban J connectivity index is 2.01. The Bertz CT molecular complexity index is 939. The van der Waals surface area contributed by atoms with E-state index in [1.54, 1.807) is 18.2 Å². The molecule has 1 fully saturated rings. The highest BCUT2D eigenvalue weighted by atomic mass is 32.2. The third kappa shape index (κ3) is 2.12. The Morgan fingerprint density at radius 1 is 1.09 bits per heavy atom. The smallest absolute Gasteiger partial charge is 0.323 e. The predicted octanol–water partition coefficient (Wildman–Crippen LogP) is 2.43. The number of carbonyl (C=O) groups excluding carboxylic acids is 1. The van der Waals surface area contributed by atoms with E-state index in [9.17, 15) is 13.2 Å². The van der Waals surface area contributed by atoms with Gasteiger partial charge in [0.2, 0.25) is 0 Å². The number of carbonyl (C=O) groups is 1. The lowest BCUT2D eigenvalue weighted by molar-refractivity contribution is 0.256. The van der Waals surface area contributed by atoms with Crippen LogP contribution >= 0.6 is 0 Å². The van der Waals surface area contributed by atoms with Crippen LogP contribution in [0.3, 0.4) is 0 Å². The Hall–Kier alpha value is -2.38. The molecule has 1 saturated heterocycles. The zero-order valence-electron chi connectivity index (χ0n) is 12.3. The Morgan fingerprint density at radius 3 is 2.39 bits per heavy atom. The molecule has 7 heteroatoms. The number of sulfone groups is 1. The topological polar surface area (TPSA) is 93.0 Å². The number of ether oxygens (including phenoxy) is 1. The summed E-state index contributed by atoms with van der Waals surface area (Å²) in [6.07, 6.45) is 0.798. The predicted molar refractivity (Wildman–Crippen MR) is 84.3 cm³/mol. The van der Waals surface area contributed by atoms with E-state index < -0.39 is 15.9 Å². The van der Waals surface area contributed by atoms with E-state index in [0.717, 1.165) is 17.4 Å². The number of nitrogens with zero attached hydrogens (tertiary/aromatic N) is 1. The summed E-state index contributed by atoms with van der Waals surface area (Å²) in [5.74, 6) is 0. The molecule has 0 bridgehead atoms. The number of hydrogen-bond donors (Lipinski definition) is 1. The van der Waals surface area contributed by atoms with E-state index in [0.29, 0.717) is 11.4 Å². The van der Waals surface area contributed by atoms with Gasteiger partial charge in [-0.05, 0) is 18.2 Å². The molecule has 2 unspecified atom stereocenters. The summed E-state index contributed by atoms with van der Waals surface area (Å²) in [4.78, 5) is 13.6. The average molecular weight is 330 g/mol. The SMILES string of the molecule is CS(=O)(=O)c1ccc2c(c1)N(C(N)=O)c1ccccc1C1OC21. The van der Waals surface area contributed by atoms with E-state index in [2.05, 4.69) is 0 Å². The average Bonchev–Trinajstić information content (AvgIpc) is 3.26. The van der Waals surface area contributed by atoms with Crippen molar-refractivity contribution in [3.63, 3.8) is 0 Å². The number of amides is 2. The van der Waals surface area contributed by atoms with E-state index >= 15 is 0 Å². The molecule has 2 heterocycles. The van der Waals surface area contributed by atoms with Crippen molar-refractivity contribution < 1.29 is 17.9 Å². The largest absolute Gasteiger partial charge is 0.359 e. The number of nitrogens with two attached hydrogens (primary N) is 1. The number of primary amides is 1. The first-order valence-corrected chi connectivity index (χ1v) is 8.95. The van der Waals surface area contributed by atoms with E-state index in [1.807, 2.05) is 12.1 Å². The van der Waals surface area contributed by atoms with Crippen LogP contribution in [-0.4, -0.2) is 20.7 Å². The molecule has 0 aliphatic carbocycles. The summed E-state index contributed by atoms with van der Waals surface area (Å²) in [5.41, 5.74) is 8.29. The normalized spacial score (nSPS) is 21.7. The van der Waals surface area contributed by atoms with Crippen molar-refractivity contribution in [1.82, 2.24) is 0 Å². The van der Waals surface area contributed by atoms with Gasteiger partial charge in [0.1, 0.15) is 12.2 Å². The maximum Gasteiger partial charge on any atom is 0.323 e. The van der Waals surface area contributed by atoms with Crippen LogP contribution in [0.25, 0.3) is 0 Å². The number of anilines is 2. The minimum Gasteiger partial charge on any atom is -0.359 e. The van der Waals surface area contributed by atoms with Gasteiger partial charge in [-0.25, -0.2) is 13.2 Å². The summed E-state index contributed by atoms with van der Waals surface area (Å²) in [6.45, 7) is 0. The van der Waals surface area contributed by atoms with Crippen LogP contribution in [0, 0.1) is 0 Å². The molecule has 2 aliphatic heterocycles. The fourth-order valence-electron chi connectivity index (χ4n) is 3.07. The molecule has 118 valence electrons. The molecule has 2 N–H and O–H groups in total. The molecule has 0 spiro atoms. The number of epoxide rings is 1. The number of benzene rings is 2. The second-order valence-electron chi connectivity index (χ2n) is 5.70.